The Bertz CT molecular complexity index is 1590. The van der Waals surface area contributed by atoms with E-state index in [0.29, 0.717) is 54.1 Å². The van der Waals surface area contributed by atoms with Gasteiger partial charge in [0, 0.05) is 41.6 Å². The Hall–Kier alpha value is -4.10. The number of rotatable bonds is 13. The van der Waals surface area contributed by atoms with Crippen molar-refractivity contribution in [2.45, 2.75) is 30.9 Å². The molecule has 1 heterocycles. The van der Waals surface area contributed by atoms with E-state index in [4.69, 9.17) is 42.8 Å². The average Bonchev–Trinajstić information content (AvgIpc) is 3.44. The number of hydrogen-bond acceptors (Lipinski definition) is 5. The smallest absolute Gasteiger partial charge is 0.252 e. The summed E-state index contributed by atoms with van der Waals surface area (Å²) in [4.78, 5) is 19.3. The van der Waals surface area contributed by atoms with Gasteiger partial charge in [-0.15, -0.1) is 0 Å². The van der Waals surface area contributed by atoms with Gasteiger partial charge in [-0.05, 0) is 59.5 Å². The van der Waals surface area contributed by atoms with Crippen LogP contribution in [0.5, 0.6) is 5.75 Å². The lowest BCUT2D eigenvalue weighted by Gasteiger charge is -2.30. The van der Waals surface area contributed by atoms with Crippen LogP contribution in [0.15, 0.2) is 114 Å². The van der Waals surface area contributed by atoms with Crippen LogP contribution in [0.2, 0.25) is 10.0 Å². The Kier molecular flexibility index (Phi) is 10.7. The van der Waals surface area contributed by atoms with Crippen LogP contribution in [0.1, 0.15) is 41.2 Å². The SMILES string of the molecule is O=C(NCCc1ccc(Cl)cc1Cl)[C@]1(C/C=C/c2ccccc2)N=C(c2ccc(OCCCO)cc2)O[C@@H]1c1ccccc1. The minimum Gasteiger partial charge on any atom is -0.494 e. The van der Waals surface area contributed by atoms with Gasteiger partial charge in [-0.2, -0.15) is 0 Å². The first-order valence-electron chi connectivity index (χ1n) is 14.6. The number of hydrogen-bond donors (Lipinski definition) is 2. The molecule has 0 aliphatic carbocycles. The van der Waals surface area contributed by atoms with E-state index in [9.17, 15) is 4.79 Å². The lowest BCUT2D eigenvalue weighted by Crippen LogP contribution is -2.48. The van der Waals surface area contributed by atoms with E-state index in [2.05, 4.69) is 5.32 Å². The second-order valence-electron chi connectivity index (χ2n) is 10.5. The number of carbonyl (C=O) groups excluding carboxylic acids is 1. The van der Waals surface area contributed by atoms with Gasteiger partial charge in [0.1, 0.15) is 5.75 Å². The highest BCUT2D eigenvalue weighted by Gasteiger charge is 2.52. The molecule has 0 aromatic heterocycles. The Morgan fingerprint density at radius 1 is 0.977 bits per heavy atom. The fourth-order valence-electron chi connectivity index (χ4n) is 5.07. The molecule has 5 rings (SSSR count). The van der Waals surface area contributed by atoms with Crippen LogP contribution in [0.4, 0.5) is 0 Å². The predicted molar refractivity (Wildman–Crippen MR) is 176 cm³/mol. The molecule has 226 valence electrons. The van der Waals surface area contributed by atoms with Crippen LogP contribution < -0.4 is 10.1 Å². The molecule has 2 N–H and O–H groups in total. The van der Waals surface area contributed by atoms with Crippen molar-refractivity contribution >= 4 is 41.1 Å². The Labute approximate surface area is 268 Å². The lowest BCUT2D eigenvalue weighted by atomic mass is 9.84. The Morgan fingerprint density at radius 3 is 2.41 bits per heavy atom. The van der Waals surface area contributed by atoms with Crippen molar-refractivity contribution in [2.24, 2.45) is 4.99 Å². The molecule has 1 aliphatic heterocycles. The van der Waals surface area contributed by atoms with Gasteiger partial charge in [0.25, 0.3) is 5.91 Å². The molecule has 2 atom stereocenters. The van der Waals surface area contributed by atoms with Crippen LogP contribution in [0.3, 0.4) is 0 Å². The molecular weight excluding hydrogens is 595 g/mol. The molecule has 0 fully saturated rings. The highest BCUT2D eigenvalue weighted by atomic mass is 35.5. The number of aliphatic hydroxyl groups excluding tert-OH is 1. The van der Waals surface area contributed by atoms with E-state index < -0.39 is 11.6 Å². The molecule has 8 heteroatoms. The zero-order valence-electron chi connectivity index (χ0n) is 24.2. The molecule has 1 amide bonds. The van der Waals surface area contributed by atoms with Gasteiger partial charge in [0.2, 0.25) is 5.90 Å². The topological polar surface area (TPSA) is 80.2 Å². The van der Waals surface area contributed by atoms with Crippen LogP contribution in [0.25, 0.3) is 6.08 Å². The van der Waals surface area contributed by atoms with Gasteiger partial charge in [0.05, 0.1) is 6.61 Å². The second kappa shape index (κ2) is 15.1. The maximum absolute atomic E-state index is 14.3. The van der Waals surface area contributed by atoms with E-state index in [1.54, 1.807) is 12.1 Å². The summed E-state index contributed by atoms with van der Waals surface area (Å²) < 4.78 is 12.2. The van der Waals surface area contributed by atoms with Crippen molar-refractivity contribution in [2.75, 3.05) is 19.8 Å². The number of carbonyl (C=O) groups is 1. The fourth-order valence-corrected chi connectivity index (χ4v) is 5.57. The summed E-state index contributed by atoms with van der Waals surface area (Å²) in [5, 5.41) is 13.3. The monoisotopic (exact) mass is 628 g/mol. The van der Waals surface area contributed by atoms with Crippen LogP contribution in [-0.4, -0.2) is 42.2 Å². The fraction of sp³-hybridized carbons (Fsp3) is 0.222. The first-order chi connectivity index (χ1) is 21.5. The van der Waals surface area contributed by atoms with Crippen molar-refractivity contribution in [3.05, 3.63) is 142 Å². The number of aliphatic imine (C=N–C) groups is 1. The zero-order chi connectivity index (χ0) is 30.8. The maximum Gasteiger partial charge on any atom is 0.252 e. The van der Waals surface area contributed by atoms with Gasteiger partial charge < -0.3 is 19.9 Å². The van der Waals surface area contributed by atoms with E-state index in [1.807, 2.05) is 103 Å². The van der Waals surface area contributed by atoms with Crippen molar-refractivity contribution in [1.82, 2.24) is 5.32 Å². The molecule has 4 aromatic carbocycles. The van der Waals surface area contributed by atoms with E-state index in [1.165, 1.54) is 0 Å². The Morgan fingerprint density at radius 2 is 1.70 bits per heavy atom. The molecule has 0 saturated carbocycles. The van der Waals surface area contributed by atoms with Gasteiger partial charge in [-0.1, -0.05) is 102 Å². The predicted octanol–water partition coefficient (Wildman–Crippen LogP) is 7.47. The van der Waals surface area contributed by atoms with Crippen molar-refractivity contribution in [1.29, 1.82) is 0 Å². The second-order valence-corrected chi connectivity index (χ2v) is 11.3. The number of nitrogens with one attached hydrogen (secondary N) is 1. The summed E-state index contributed by atoms with van der Waals surface area (Å²) in [6, 6.07) is 32.4. The standard InChI is InChI=1S/C36H34Cl2N2O4/c37-30-17-14-27(32(38)25-30)20-22-39-35(42)36(21-7-11-26-9-3-1-4-10-26)33(28-12-5-2-6-13-28)44-34(40-36)29-15-18-31(19-16-29)43-24-8-23-41/h1-7,9-19,25,33,41H,8,20-24H2,(H,39,42)/b11-7+/t33-,36-/m1/s1. The Balaban J connectivity index is 1.47. The molecule has 1 aliphatic rings. The summed E-state index contributed by atoms with van der Waals surface area (Å²) in [7, 11) is 0. The molecule has 0 saturated heterocycles. The quantitative estimate of drug-likeness (QED) is 0.150. The van der Waals surface area contributed by atoms with Gasteiger partial charge in [-0.25, -0.2) is 4.99 Å². The van der Waals surface area contributed by atoms with E-state index in [-0.39, 0.29) is 12.5 Å². The summed E-state index contributed by atoms with van der Waals surface area (Å²) in [5.74, 6) is 0.814. The number of halogens is 2. The molecule has 4 aromatic rings. The van der Waals surface area contributed by atoms with Gasteiger partial charge in [0.15, 0.2) is 11.6 Å². The number of aliphatic hydroxyl groups is 1. The largest absolute Gasteiger partial charge is 0.494 e. The first kappa shape index (κ1) is 31.3. The minimum absolute atomic E-state index is 0.0687. The van der Waals surface area contributed by atoms with Gasteiger partial charge >= 0.3 is 0 Å². The van der Waals surface area contributed by atoms with Crippen molar-refractivity contribution in [3.63, 3.8) is 0 Å². The summed E-state index contributed by atoms with van der Waals surface area (Å²) in [5.41, 5.74) is 2.22. The highest BCUT2D eigenvalue weighted by molar-refractivity contribution is 6.35. The molecule has 0 radical (unpaired) electrons. The van der Waals surface area contributed by atoms with E-state index >= 15 is 0 Å². The summed E-state index contributed by atoms with van der Waals surface area (Å²) >= 11 is 12.5. The number of ether oxygens (including phenoxy) is 2. The molecular formula is C36H34Cl2N2O4. The average molecular weight is 630 g/mol. The van der Waals surface area contributed by atoms with Crippen LogP contribution in [-0.2, 0) is 16.0 Å². The third-order valence-corrected chi connectivity index (χ3v) is 7.95. The lowest BCUT2D eigenvalue weighted by molar-refractivity contribution is -0.128. The van der Waals surface area contributed by atoms with E-state index in [0.717, 1.165) is 22.3 Å². The third-order valence-electron chi connectivity index (χ3n) is 7.37. The summed E-state index contributed by atoms with van der Waals surface area (Å²) in [6.07, 6.45) is 4.70. The summed E-state index contributed by atoms with van der Waals surface area (Å²) in [6.45, 7) is 0.845. The molecule has 0 spiro atoms. The van der Waals surface area contributed by atoms with Crippen LogP contribution >= 0.6 is 23.2 Å². The highest BCUT2D eigenvalue weighted by Crippen LogP contribution is 2.43. The number of benzene rings is 4. The molecule has 0 bridgehead atoms. The zero-order valence-corrected chi connectivity index (χ0v) is 25.7. The van der Waals surface area contributed by atoms with Crippen molar-refractivity contribution < 1.29 is 19.4 Å². The minimum atomic E-state index is -1.28. The normalized spacial score (nSPS) is 17.7. The van der Waals surface area contributed by atoms with Crippen LogP contribution in [0, 0.1) is 0 Å². The number of amides is 1. The molecule has 6 nitrogen and oxygen atoms in total. The molecule has 44 heavy (non-hydrogen) atoms. The third kappa shape index (κ3) is 7.69. The number of nitrogens with zero attached hydrogens (tertiary/aromatic N) is 1. The van der Waals surface area contributed by atoms with Gasteiger partial charge in [-0.3, -0.25) is 4.79 Å². The maximum atomic E-state index is 14.3. The van der Waals surface area contributed by atoms with Crippen molar-refractivity contribution in [3.8, 4) is 5.75 Å². The molecule has 0 unspecified atom stereocenters. The first-order valence-corrected chi connectivity index (χ1v) is 15.3.